The molecule has 0 spiro atoms. The molecule has 0 radical (unpaired) electrons. The Kier molecular flexibility index (Phi) is 6.74. The molecule has 0 aromatic heterocycles. The minimum atomic E-state index is -0.0476. The molecule has 0 aliphatic carbocycles. The van der Waals surface area contributed by atoms with E-state index in [9.17, 15) is 9.59 Å². The van der Waals surface area contributed by atoms with Crippen molar-refractivity contribution in [1.82, 2.24) is 15.1 Å². The topological polar surface area (TPSA) is 52.7 Å². The lowest BCUT2D eigenvalue weighted by Gasteiger charge is -2.26. The van der Waals surface area contributed by atoms with Crippen LogP contribution >= 0.6 is 23.4 Å². The van der Waals surface area contributed by atoms with Gasteiger partial charge in [0.05, 0.1) is 6.04 Å². The Balaban J connectivity index is 1.85. The lowest BCUT2D eigenvalue weighted by molar-refractivity contribution is -0.121. The summed E-state index contributed by atoms with van der Waals surface area (Å²) in [7, 11) is 3.92. The first kappa shape index (κ1) is 18.1. The largest absolute Gasteiger partial charge is 0.354 e. The second-order valence-corrected chi connectivity index (χ2v) is 7.11. The number of hydrogen-bond donors (Lipinski definition) is 1. The Bertz CT molecular complexity index is 568. The molecule has 1 saturated heterocycles. The normalized spacial score (nSPS) is 16.0. The summed E-state index contributed by atoms with van der Waals surface area (Å²) in [4.78, 5) is 27.3. The first-order chi connectivity index (χ1) is 11.0. The molecule has 1 N–H and O–H groups in total. The van der Waals surface area contributed by atoms with Crippen LogP contribution in [0.2, 0.25) is 5.02 Å². The van der Waals surface area contributed by atoms with E-state index < -0.39 is 0 Å². The Labute approximate surface area is 146 Å². The minimum absolute atomic E-state index is 0.0108. The van der Waals surface area contributed by atoms with Crippen molar-refractivity contribution in [3.8, 4) is 0 Å². The number of rotatable bonds is 7. The molecule has 1 aromatic rings. The molecule has 1 heterocycles. The van der Waals surface area contributed by atoms with E-state index in [1.54, 1.807) is 4.90 Å². The first-order valence-corrected chi connectivity index (χ1v) is 8.94. The highest BCUT2D eigenvalue weighted by molar-refractivity contribution is 8.13. The Morgan fingerprint density at radius 1 is 1.43 bits per heavy atom. The average Bonchev–Trinajstić information content (AvgIpc) is 2.92. The molecule has 1 fully saturated rings. The number of carbonyl (C=O) groups excluding carboxylic acids is 2. The van der Waals surface area contributed by atoms with E-state index in [0.717, 1.165) is 17.9 Å². The molecule has 126 valence electrons. The van der Waals surface area contributed by atoms with Crippen molar-refractivity contribution in [2.24, 2.45) is 0 Å². The lowest BCUT2D eigenvalue weighted by Crippen LogP contribution is -2.36. The standard InChI is InChI=1S/C16H22ClN3O2S/c1-19(2)14(12-5-3-4-6-13(12)17)11-18-15(21)7-8-20-9-10-23-16(20)22/h3-6,14H,7-11H2,1-2H3,(H,18,21). The third kappa shape index (κ3) is 5.12. The van der Waals surface area contributed by atoms with E-state index in [1.165, 1.54) is 11.8 Å². The summed E-state index contributed by atoms with van der Waals surface area (Å²) in [5, 5.41) is 3.71. The Morgan fingerprint density at radius 3 is 2.78 bits per heavy atom. The summed E-state index contributed by atoms with van der Waals surface area (Å²) in [5.74, 6) is 0.768. The van der Waals surface area contributed by atoms with Crippen LogP contribution in [0, 0.1) is 0 Å². The zero-order valence-electron chi connectivity index (χ0n) is 13.4. The smallest absolute Gasteiger partial charge is 0.281 e. The van der Waals surface area contributed by atoms with E-state index in [-0.39, 0.29) is 17.2 Å². The molecule has 1 aromatic carbocycles. The van der Waals surface area contributed by atoms with Gasteiger partial charge in [0, 0.05) is 36.8 Å². The third-order valence-corrected chi connectivity index (χ3v) is 5.07. The summed E-state index contributed by atoms with van der Waals surface area (Å²) in [6, 6.07) is 7.67. The summed E-state index contributed by atoms with van der Waals surface area (Å²) in [6.45, 7) is 1.70. The molecule has 1 atom stereocenters. The van der Waals surface area contributed by atoms with Gasteiger partial charge in [0.25, 0.3) is 5.24 Å². The van der Waals surface area contributed by atoms with Crippen molar-refractivity contribution in [3.05, 3.63) is 34.9 Å². The fourth-order valence-electron chi connectivity index (χ4n) is 2.48. The monoisotopic (exact) mass is 355 g/mol. The molecule has 5 nitrogen and oxygen atoms in total. The van der Waals surface area contributed by atoms with Crippen LogP contribution in [-0.2, 0) is 4.79 Å². The highest BCUT2D eigenvalue weighted by Crippen LogP contribution is 2.25. The molecule has 2 rings (SSSR count). The number of halogens is 1. The Morgan fingerprint density at radius 2 is 2.17 bits per heavy atom. The van der Waals surface area contributed by atoms with Gasteiger partial charge in [0.2, 0.25) is 5.91 Å². The van der Waals surface area contributed by atoms with Crippen LogP contribution in [0.4, 0.5) is 4.79 Å². The van der Waals surface area contributed by atoms with Crippen molar-refractivity contribution >= 4 is 34.5 Å². The van der Waals surface area contributed by atoms with Crippen molar-refractivity contribution in [3.63, 3.8) is 0 Å². The number of nitrogens with zero attached hydrogens (tertiary/aromatic N) is 2. The second kappa shape index (κ2) is 8.57. The van der Waals surface area contributed by atoms with Gasteiger partial charge in [-0.1, -0.05) is 41.6 Å². The van der Waals surface area contributed by atoms with Gasteiger partial charge in [-0.05, 0) is 25.7 Å². The maximum Gasteiger partial charge on any atom is 0.281 e. The average molecular weight is 356 g/mol. The highest BCUT2D eigenvalue weighted by Gasteiger charge is 2.22. The maximum absolute atomic E-state index is 12.0. The number of benzene rings is 1. The molecular formula is C16H22ClN3O2S. The molecule has 0 saturated carbocycles. The Hall–Kier alpha value is -1.24. The molecular weight excluding hydrogens is 334 g/mol. The van der Waals surface area contributed by atoms with Crippen molar-refractivity contribution in [2.45, 2.75) is 12.5 Å². The highest BCUT2D eigenvalue weighted by atomic mass is 35.5. The van der Waals surface area contributed by atoms with Gasteiger partial charge in [0.15, 0.2) is 0 Å². The summed E-state index contributed by atoms with van der Waals surface area (Å²) in [6.07, 6.45) is 0.328. The molecule has 1 unspecified atom stereocenters. The van der Waals surface area contributed by atoms with Crippen LogP contribution in [0.15, 0.2) is 24.3 Å². The van der Waals surface area contributed by atoms with Crippen LogP contribution in [-0.4, -0.2) is 60.4 Å². The summed E-state index contributed by atoms with van der Waals surface area (Å²) < 4.78 is 0. The van der Waals surface area contributed by atoms with Crippen LogP contribution in [0.25, 0.3) is 0 Å². The molecule has 23 heavy (non-hydrogen) atoms. The molecule has 2 amide bonds. The molecule has 1 aliphatic heterocycles. The predicted octanol–water partition coefficient (Wildman–Crippen LogP) is 2.62. The van der Waals surface area contributed by atoms with Crippen LogP contribution in [0.3, 0.4) is 0 Å². The predicted molar refractivity (Wildman–Crippen MR) is 94.9 cm³/mol. The van der Waals surface area contributed by atoms with Gasteiger partial charge in [-0.3, -0.25) is 9.59 Å². The fourth-order valence-corrected chi connectivity index (χ4v) is 3.59. The molecule has 1 aliphatic rings. The fraction of sp³-hybridized carbons (Fsp3) is 0.500. The number of hydrogen-bond acceptors (Lipinski definition) is 4. The maximum atomic E-state index is 12.0. The number of carbonyl (C=O) groups is 2. The minimum Gasteiger partial charge on any atom is -0.354 e. The van der Waals surface area contributed by atoms with Crippen LogP contribution in [0.5, 0.6) is 0 Å². The van der Waals surface area contributed by atoms with Gasteiger partial charge in [-0.15, -0.1) is 0 Å². The van der Waals surface area contributed by atoms with Gasteiger partial charge >= 0.3 is 0 Å². The lowest BCUT2D eigenvalue weighted by atomic mass is 10.1. The second-order valence-electron chi connectivity index (χ2n) is 5.66. The number of thioether (sulfide) groups is 1. The van der Waals surface area contributed by atoms with Crippen LogP contribution < -0.4 is 5.32 Å². The number of nitrogens with one attached hydrogen (secondary N) is 1. The SMILES string of the molecule is CN(C)C(CNC(=O)CCN1CCSC1=O)c1ccccc1Cl. The van der Waals surface area contributed by atoms with Gasteiger partial charge in [0.1, 0.15) is 0 Å². The van der Waals surface area contributed by atoms with Gasteiger partial charge in [-0.2, -0.15) is 0 Å². The van der Waals surface area contributed by atoms with E-state index in [1.807, 2.05) is 43.3 Å². The zero-order valence-corrected chi connectivity index (χ0v) is 15.0. The van der Waals surface area contributed by atoms with Crippen molar-refractivity contribution < 1.29 is 9.59 Å². The van der Waals surface area contributed by atoms with Crippen molar-refractivity contribution in [1.29, 1.82) is 0 Å². The van der Waals surface area contributed by atoms with Crippen molar-refractivity contribution in [2.75, 3.05) is 39.5 Å². The third-order valence-electron chi connectivity index (χ3n) is 3.83. The quantitative estimate of drug-likeness (QED) is 0.816. The first-order valence-electron chi connectivity index (χ1n) is 7.58. The van der Waals surface area contributed by atoms with Crippen LogP contribution in [0.1, 0.15) is 18.0 Å². The van der Waals surface area contributed by atoms with Gasteiger partial charge < -0.3 is 15.1 Å². The summed E-state index contributed by atoms with van der Waals surface area (Å²) >= 11 is 7.57. The van der Waals surface area contributed by atoms with E-state index >= 15 is 0 Å². The van der Waals surface area contributed by atoms with E-state index in [4.69, 9.17) is 11.6 Å². The number of likely N-dealkylation sites (N-methyl/N-ethyl adjacent to an activating group) is 1. The molecule has 7 heteroatoms. The van der Waals surface area contributed by atoms with E-state index in [0.29, 0.717) is 24.5 Å². The zero-order chi connectivity index (χ0) is 16.8. The summed E-state index contributed by atoms with van der Waals surface area (Å²) in [5.41, 5.74) is 0.991. The van der Waals surface area contributed by atoms with E-state index in [2.05, 4.69) is 5.32 Å². The molecule has 0 bridgehead atoms. The number of amides is 2. The van der Waals surface area contributed by atoms with Gasteiger partial charge in [-0.25, -0.2) is 0 Å².